The zero-order valence-electron chi connectivity index (χ0n) is 22.5. The first kappa shape index (κ1) is 26.9. The van der Waals surface area contributed by atoms with Crippen molar-refractivity contribution in [2.45, 2.75) is 117 Å². The Labute approximate surface area is 211 Å². The van der Waals surface area contributed by atoms with Gasteiger partial charge in [-0.3, -0.25) is 4.79 Å². The predicted molar refractivity (Wildman–Crippen MR) is 135 cm³/mol. The molecule has 0 aromatic heterocycles. The molecule has 4 saturated carbocycles. The largest absolute Gasteiger partial charge is 0.480 e. The van der Waals surface area contributed by atoms with Gasteiger partial charge in [0.15, 0.2) is 0 Å². The highest BCUT2D eigenvalue weighted by Crippen LogP contribution is 2.68. The molecule has 35 heavy (non-hydrogen) atoms. The molecule has 4 aliphatic rings. The Morgan fingerprint density at radius 2 is 1.60 bits per heavy atom. The van der Waals surface area contributed by atoms with E-state index in [0.717, 1.165) is 51.4 Å². The molecule has 0 saturated heterocycles. The molecule has 0 spiro atoms. The van der Waals surface area contributed by atoms with Crippen LogP contribution in [0.25, 0.3) is 0 Å². The Bertz CT molecular complexity index is 800. The van der Waals surface area contributed by atoms with Crippen LogP contribution in [0.3, 0.4) is 0 Å². The third-order valence-corrected chi connectivity index (χ3v) is 11.5. The van der Waals surface area contributed by atoms with Gasteiger partial charge in [-0.2, -0.15) is 0 Å². The van der Waals surface area contributed by atoms with Crippen LogP contribution >= 0.6 is 0 Å². The molecule has 4 N–H and O–H groups in total. The Morgan fingerprint density at radius 3 is 2.26 bits per heavy atom. The Hall–Kier alpha value is -1.14. The number of carboxylic acids is 1. The van der Waals surface area contributed by atoms with Gasteiger partial charge in [0.25, 0.3) is 0 Å². The van der Waals surface area contributed by atoms with E-state index < -0.39 is 12.0 Å². The molecule has 0 aromatic carbocycles. The number of carboxylic acid groups (broad SMARTS) is 1. The lowest BCUT2D eigenvalue weighted by atomic mass is 9.43. The van der Waals surface area contributed by atoms with Gasteiger partial charge in [0.05, 0.1) is 12.2 Å². The number of aliphatic carboxylic acids is 1. The number of hydrogen-bond acceptors (Lipinski definition) is 4. The number of amides is 1. The van der Waals surface area contributed by atoms with Gasteiger partial charge in [-0.25, -0.2) is 4.79 Å². The van der Waals surface area contributed by atoms with E-state index in [1.165, 1.54) is 6.42 Å². The fourth-order valence-corrected chi connectivity index (χ4v) is 9.49. The Morgan fingerprint density at radius 1 is 0.943 bits per heavy atom. The monoisotopic (exact) mass is 491 g/mol. The molecule has 200 valence electrons. The van der Waals surface area contributed by atoms with E-state index >= 15 is 0 Å². The molecule has 6 nitrogen and oxygen atoms in total. The summed E-state index contributed by atoms with van der Waals surface area (Å²) in [5.74, 6) is 1.51. The van der Waals surface area contributed by atoms with Crippen LogP contribution in [0.5, 0.6) is 0 Å². The minimum Gasteiger partial charge on any atom is -0.480 e. The summed E-state index contributed by atoms with van der Waals surface area (Å²) in [5.41, 5.74) is 0.431. The van der Waals surface area contributed by atoms with Crippen LogP contribution in [-0.2, 0) is 9.59 Å². The van der Waals surface area contributed by atoms with Crippen molar-refractivity contribution in [3.63, 3.8) is 0 Å². The van der Waals surface area contributed by atoms with Crippen molar-refractivity contribution in [1.82, 2.24) is 5.32 Å². The van der Waals surface area contributed by atoms with Gasteiger partial charge in [0.2, 0.25) is 5.91 Å². The summed E-state index contributed by atoms with van der Waals surface area (Å²) in [4.78, 5) is 24.0. The van der Waals surface area contributed by atoms with Crippen LogP contribution < -0.4 is 5.32 Å². The number of carbonyl (C=O) groups excluding carboxylic acids is 1. The SMILES string of the molecule is CC(C)C(NC(=O)CCC(C)[C@H]1CC[C@H]2[C@@H]3[C@H](O)C[C@@H]4C[C@H](O)CC[C@]4(C)[C@H]3CC[C@]12C)C(=O)O. The Kier molecular flexibility index (Phi) is 7.66. The fraction of sp³-hybridized carbons (Fsp3) is 0.931. The third-order valence-electron chi connectivity index (χ3n) is 11.5. The van der Waals surface area contributed by atoms with Crippen molar-refractivity contribution >= 4 is 11.9 Å². The van der Waals surface area contributed by atoms with Gasteiger partial charge in [-0.05, 0) is 110 Å². The third kappa shape index (κ3) is 4.79. The average molecular weight is 492 g/mol. The molecule has 4 fully saturated rings. The van der Waals surface area contributed by atoms with Crippen molar-refractivity contribution < 1.29 is 24.9 Å². The van der Waals surface area contributed by atoms with Gasteiger partial charge in [0, 0.05) is 6.42 Å². The first-order valence-corrected chi connectivity index (χ1v) is 14.3. The first-order valence-electron chi connectivity index (χ1n) is 14.3. The lowest BCUT2D eigenvalue weighted by Gasteiger charge is -2.62. The van der Waals surface area contributed by atoms with E-state index in [0.29, 0.717) is 41.9 Å². The number of aliphatic hydroxyl groups is 2. The van der Waals surface area contributed by atoms with Gasteiger partial charge < -0.3 is 20.6 Å². The molecular formula is C29H49NO5. The van der Waals surface area contributed by atoms with Crippen LogP contribution in [0.15, 0.2) is 0 Å². The maximum atomic E-state index is 12.5. The maximum absolute atomic E-state index is 12.5. The van der Waals surface area contributed by atoms with Gasteiger partial charge in [0.1, 0.15) is 6.04 Å². The highest BCUT2D eigenvalue weighted by atomic mass is 16.4. The topological polar surface area (TPSA) is 107 Å². The summed E-state index contributed by atoms with van der Waals surface area (Å²) >= 11 is 0. The van der Waals surface area contributed by atoms with Crippen molar-refractivity contribution in [3.8, 4) is 0 Å². The zero-order chi connectivity index (χ0) is 25.7. The lowest BCUT2D eigenvalue weighted by molar-refractivity contribution is -0.174. The lowest BCUT2D eigenvalue weighted by Crippen LogP contribution is -2.58. The highest BCUT2D eigenvalue weighted by Gasteiger charge is 2.62. The van der Waals surface area contributed by atoms with Gasteiger partial charge >= 0.3 is 5.97 Å². The van der Waals surface area contributed by atoms with Gasteiger partial charge in [-0.1, -0.05) is 34.6 Å². The minimum absolute atomic E-state index is 0.144. The van der Waals surface area contributed by atoms with E-state index in [9.17, 15) is 24.9 Å². The zero-order valence-corrected chi connectivity index (χ0v) is 22.5. The number of carbonyl (C=O) groups is 2. The summed E-state index contributed by atoms with van der Waals surface area (Å²) in [6.45, 7) is 10.8. The molecule has 0 radical (unpaired) electrons. The molecule has 11 atom stereocenters. The van der Waals surface area contributed by atoms with E-state index in [-0.39, 0.29) is 34.9 Å². The normalized spacial score (nSPS) is 44.6. The summed E-state index contributed by atoms with van der Waals surface area (Å²) in [6.07, 6.45) is 9.00. The van der Waals surface area contributed by atoms with Crippen molar-refractivity contribution in [2.75, 3.05) is 0 Å². The predicted octanol–water partition coefficient (Wildman–Crippen LogP) is 4.62. The first-order chi connectivity index (χ1) is 16.4. The van der Waals surface area contributed by atoms with Gasteiger partial charge in [-0.15, -0.1) is 0 Å². The molecule has 0 heterocycles. The van der Waals surface area contributed by atoms with Crippen LogP contribution in [-0.4, -0.2) is 45.4 Å². The Balaban J connectivity index is 1.41. The van der Waals surface area contributed by atoms with Crippen LogP contribution in [0.1, 0.15) is 98.8 Å². The average Bonchev–Trinajstić information content (AvgIpc) is 3.13. The second kappa shape index (κ2) is 9.96. The molecule has 4 rings (SSSR count). The summed E-state index contributed by atoms with van der Waals surface area (Å²) < 4.78 is 0. The molecule has 2 unspecified atom stereocenters. The summed E-state index contributed by atoms with van der Waals surface area (Å²) in [5, 5.41) is 33.8. The quantitative estimate of drug-likeness (QED) is 0.416. The van der Waals surface area contributed by atoms with E-state index in [4.69, 9.17) is 0 Å². The number of hydrogen-bond donors (Lipinski definition) is 4. The minimum atomic E-state index is -0.973. The molecule has 0 aromatic rings. The van der Waals surface area contributed by atoms with Crippen LogP contribution in [0.2, 0.25) is 0 Å². The van der Waals surface area contributed by atoms with Crippen LogP contribution in [0, 0.1) is 52.3 Å². The summed E-state index contributed by atoms with van der Waals surface area (Å²) in [6, 6.07) is -0.833. The molecular weight excluding hydrogens is 442 g/mol. The van der Waals surface area contributed by atoms with Crippen molar-refractivity contribution in [3.05, 3.63) is 0 Å². The van der Waals surface area contributed by atoms with Crippen molar-refractivity contribution in [1.29, 1.82) is 0 Å². The fourth-order valence-electron chi connectivity index (χ4n) is 9.49. The molecule has 0 aliphatic heterocycles. The highest BCUT2D eigenvalue weighted by molar-refractivity contribution is 5.83. The van der Waals surface area contributed by atoms with Crippen molar-refractivity contribution in [2.24, 2.45) is 52.3 Å². The number of fused-ring (bicyclic) bond motifs is 5. The smallest absolute Gasteiger partial charge is 0.326 e. The maximum Gasteiger partial charge on any atom is 0.326 e. The number of aliphatic hydroxyl groups excluding tert-OH is 2. The second-order valence-corrected chi connectivity index (χ2v) is 13.6. The van der Waals surface area contributed by atoms with E-state index in [2.05, 4.69) is 26.1 Å². The number of rotatable bonds is 7. The number of nitrogens with one attached hydrogen (secondary N) is 1. The molecule has 1 amide bonds. The van der Waals surface area contributed by atoms with Crippen LogP contribution in [0.4, 0.5) is 0 Å². The summed E-state index contributed by atoms with van der Waals surface area (Å²) in [7, 11) is 0. The molecule has 6 heteroatoms. The standard InChI is InChI=1S/C29H49NO5/c1-16(2)26(27(34)35)30-24(33)9-6-17(3)20-7-8-21-25-22(11-13-29(20,21)5)28(4)12-10-19(31)14-18(28)15-23(25)32/h16-23,25-26,31-32H,6-15H2,1-5H3,(H,30,33)(H,34,35)/t17?,18-,19+,20+,21-,22-,23+,25-,26?,28-,29+/m0/s1. The van der Waals surface area contributed by atoms with E-state index in [1.54, 1.807) is 0 Å². The second-order valence-electron chi connectivity index (χ2n) is 13.6. The molecule has 4 aliphatic carbocycles. The van der Waals surface area contributed by atoms with E-state index in [1.807, 2.05) is 13.8 Å². The molecule has 0 bridgehead atoms.